The summed E-state index contributed by atoms with van der Waals surface area (Å²) in [6, 6.07) is 1.92. The van der Waals surface area contributed by atoms with Crippen molar-refractivity contribution in [1.29, 1.82) is 0 Å². The zero-order valence-corrected chi connectivity index (χ0v) is 10.1. The van der Waals surface area contributed by atoms with Gasteiger partial charge in [0.25, 0.3) is 0 Å². The molecule has 3 heteroatoms. The minimum Gasteiger partial charge on any atom is -0.397 e. The van der Waals surface area contributed by atoms with Crippen molar-refractivity contribution in [2.24, 2.45) is 17.8 Å². The van der Waals surface area contributed by atoms with Crippen molar-refractivity contribution in [3.8, 4) is 0 Å². The Bertz CT molecular complexity index is 419. The Hall–Kier alpha value is -1.12. The van der Waals surface area contributed by atoms with Crippen LogP contribution in [0, 0.1) is 17.8 Å². The second kappa shape index (κ2) is 3.21. The van der Waals surface area contributed by atoms with Crippen molar-refractivity contribution in [3.63, 3.8) is 0 Å². The molecule has 0 aliphatic heterocycles. The van der Waals surface area contributed by atoms with Crippen LogP contribution in [-0.4, -0.2) is 10.2 Å². The van der Waals surface area contributed by atoms with Gasteiger partial charge in [-0.15, -0.1) is 0 Å². The minimum absolute atomic E-state index is 0.285. The number of rotatable bonds is 1. The molecule has 17 heavy (non-hydrogen) atoms. The summed E-state index contributed by atoms with van der Waals surface area (Å²) >= 11 is 0. The summed E-state index contributed by atoms with van der Waals surface area (Å²) in [6.07, 6.45) is 10.0. The molecule has 0 unspecified atom stereocenters. The maximum absolute atomic E-state index is 6.14. The van der Waals surface area contributed by atoms with E-state index < -0.39 is 0 Å². The van der Waals surface area contributed by atoms with Crippen molar-refractivity contribution in [2.45, 2.75) is 43.9 Å². The Morgan fingerprint density at radius 1 is 1.06 bits per heavy atom. The monoisotopic (exact) mass is 229 g/mol. The van der Waals surface area contributed by atoms with Gasteiger partial charge in [0.15, 0.2) is 0 Å². The van der Waals surface area contributed by atoms with Crippen LogP contribution in [0.25, 0.3) is 0 Å². The fourth-order valence-electron chi connectivity index (χ4n) is 5.15. The molecule has 0 spiro atoms. The number of hydrogen-bond donors (Lipinski definition) is 1. The predicted octanol–water partition coefficient (Wildman–Crippen LogP) is 2.53. The van der Waals surface area contributed by atoms with Gasteiger partial charge in [-0.25, -0.2) is 0 Å². The second-order valence-electron chi connectivity index (χ2n) is 6.53. The van der Waals surface area contributed by atoms with E-state index >= 15 is 0 Å². The lowest BCUT2D eigenvalue weighted by atomic mass is 9.48. The topological polar surface area (TPSA) is 51.8 Å². The largest absolute Gasteiger partial charge is 0.397 e. The molecule has 1 aromatic heterocycles. The van der Waals surface area contributed by atoms with Crippen molar-refractivity contribution >= 4 is 5.69 Å². The quantitative estimate of drug-likeness (QED) is 0.805. The van der Waals surface area contributed by atoms with Crippen LogP contribution in [-0.2, 0) is 5.41 Å². The van der Waals surface area contributed by atoms with Crippen LogP contribution in [0.1, 0.15) is 44.2 Å². The summed E-state index contributed by atoms with van der Waals surface area (Å²) < 4.78 is 0. The van der Waals surface area contributed by atoms with Gasteiger partial charge in [-0.3, -0.25) is 0 Å². The van der Waals surface area contributed by atoms with E-state index in [-0.39, 0.29) is 5.41 Å². The molecule has 0 radical (unpaired) electrons. The molecule has 0 aromatic carbocycles. The van der Waals surface area contributed by atoms with E-state index in [4.69, 9.17) is 5.73 Å². The molecule has 4 fully saturated rings. The Morgan fingerprint density at radius 3 is 2.18 bits per heavy atom. The highest BCUT2D eigenvalue weighted by Gasteiger charge is 2.53. The second-order valence-corrected chi connectivity index (χ2v) is 6.53. The van der Waals surface area contributed by atoms with E-state index in [1.54, 1.807) is 6.20 Å². The molecule has 4 aliphatic rings. The minimum atomic E-state index is 0.285. The molecule has 4 saturated carbocycles. The number of nitrogens with two attached hydrogens (primary N) is 1. The van der Waals surface area contributed by atoms with Crippen molar-refractivity contribution < 1.29 is 0 Å². The van der Waals surface area contributed by atoms with Crippen molar-refractivity contribution in [2.75, 3.05) is 5.73 Å². The van der Waals surface area contributed by atoms with Crippen LogP contribution < -0.4 is 5.73 Å². The van der Waals surface area contributed by atoms with E-state index in [0.29, 0.717) is 0 Å². The maximum Gasteiger partial charge on any atom is 0.0921 e. The van der Waals surface area contributed by atoms with Crippen LogP contribution in [0.3, 0.4) is 0 Å². The first-order valence-corrected chi connectivity index (χ1v) is 6.83. The zero-order valence-electron chi connectivity index (χ0n) is 10.1. The highest BCUT2D eigenvalue weighted by atomic mass is 15.1. The lowest BCUT2D eigenvalue weighted by molar-refractivity contribution is -0.00720. The lowest BCUT2D eigenvalue weighted by Gasteiger charge is -2.56. The molecule has 90 valence electrons. The van der Waals surface area contributed by atoms with Gasteiger partial charge in [0.05, 0.1) is 17.6 Å². The number of nitrogen functional groups attached to an aromatic ring is 1. The molecule has 5 rings (SSSR count). The lowest BCUT2D eigenvalue weighted by Crippen LogP contribution is -2.49. The van der Waals surface area contributed by atoms with Crippen LogP contribution in [0.4, 0.5) is 5.69 Å². The van der Waals surface area contributed by atoms with Crippen LogP contribution in [0.15, 0.2) is 12.3 Å². The van der Waals surface area contributed by atoms with Gasteiger partial charge in [-0.05, 0) is 62.3 Å². The van der Waals surface area contributed by atoms with Crippen molar-refractivity contribution in [1.82, 2.24) is 10.2 Å². The number of nitrogens with zero attached hydrogens (tertiary/aromatic N) is 2. The normalized spacial score (nSPS) is 42.9. The van der Waals surface area contributed by atoms with E-state index in [1.807, 2.05) is 6.07 Å². The fourth-order valence-corrected chi connectivity index (χ4v) is 5.15. The molecular weight excluding hydrogens is 210 g/mol. The van der Waals surface area contributed by atoms with E-state index in [0.717, 1.165) is 29.1 Å². The van der Waals surface area contributed by atoms with Gasteiger partial charge in [0.1, 0.15) is 0 Å². The Kier molecular flexibility index (Phi) is 1.86. The summed E-state index contributed by atoms with van der Waals surface area (Å²) in [5, 5.41) is 8.47. The molecule has 3 nitrogen and oxygen atoms in total. The first kappa shape index (κ1) is 9.86. The Balaban J connectivity index is 1.80. The van der Waals surface area contributed by atoms with Gasteiger partial charge in [0.2, 0.25) is 0 Å². The molecule has 4 aliphatic carbocycles. The first-order chi connectivity index (χ1) is 8.25. The highest BCUT2D eigenvalue weighted by Crippen LogP contribution is 2.60. The fraction of sp³-hybridized carbons (Fsp3) is 0.714. The smallest absolute Gasteiger partial charge is 0.0921 e. The van der Waals surface area contributed by atoms with Gasteiger partial charge in [-0.1, -0.05) is 0 Å². The third-order valence-corrected chi connectivity index (χ3v) is 5.29. The SMILES string of the molecule is Nc1ccnnc1C12CC3CC(CC(C3)C1)C2. The molecular formula is C14H19N3. The number of hydrogen-bond acceptors (Lipinski definition) is 3. The Morgan fingerprint density at radius 2 is 1.65 bits per heavy atom. The first-order valence-electron chi connectivity index (χ1n) is 6.83. The average Bonchev–Trinajstić information content (AvgIpc) is 2.27. The number of aromatic nitrogens is 2. The van der Waals surface area contributed by atoms with E-state index in [9.17, 15) is 0 Å². The summed E-state index contributed by atoms with van der Waals surface area (Å²) in [7, 11) is 0. The average molecular weight is 229 g/mol. The summed E-state index contributed by atoms with van der Waals surface area (Å²) in [4.78, 5) is 0. The predicted molar refractivity (Wildman–Crippen MR) is 66.3 cm³/mol. The molecule has 1 aromatic rings. The summed E-state index contributed by atoms with van der Waals surface area (Å²) in [5.74, 6) is 2.80. The molecule has 4 bridgehead atoms. The third kappa shape index (κ3) is 1.34. The molecule has 0 saturated heterocycles. The number of anilines is 1. The molecule has 0 atom stereocenters. The van der Waals surface area contributed by atoms with E-state index in [2.05, 4.69) is 10.2 Å². The molecule has 0 amide bonds. The third-order valence-electron chi connectivity index (χ3n) is 5.29. The van der Waals surface area contributed by atoms with Gasteiger partial charge in [-0.2, -0.15) is 10.2 Å². The Labute approximate surface area is 102 Å². The molecule has 2 N–H and O–H groups in total. The van der Waals surface area contributed by atoms with Crippen molar-refractivity contribution in [3.05, 3.63) is 18.0 Å². The molecule has 1 heterocycles. The van der Waals surface area contributed by atoms with Crippen LogP contribution in [0.5, 0.6) is 0 Å². The van der Waals surface area contributed by atoms with Gasteiger partial charge < -0.3 is 5.73 Å². The van der Waals surface area contributed by atoms with Crippen LogP contribution >= 0.6 is 0 Å². The zero-order chi connectivity index (χ0) is 11.5. The summed E-state index contributed by atoms with van der Waals surface area (Å²) in [6.45, 7) is 0. The highest BCUT2D eigenvalue weighted by molar-refractivity contribution is 5.46. The van der Waals surface area contributed by atoms with Gasteiger partial charge in [0, 0.05) is 5.41 Å². The summed E-state index contributed by atoms with van der Waals surface area (Å²) in [5.41, 5.74) is 8.40. The maximum atomic E-state index is 6.14. The van der Waals surface area contributed by atoms with E-state index in [1.165, 1.54) is 38.5 Å². The van der Waals surface area contributed by atoms with Crippen LogP contribution in [0.2, 0.25) is 0 Å². The standard InChI is InChI=1S/C14H19N3/c15-12-1-2-16-17-13(12)14-6-9-3-10(7-14)5-11(4-9)8-14/h1-2,9-11H,3-8H2,(H2,15,16). The van der Waals surface area contributed by atoms with Gasteiger partial charge >= 0.3 is 0 Å².